The van der Waals surface area contributed by atoms with E-state index in [0.717, 1.165) is 56.9 Å². The zero-order valence-electron chi connectivity index (χ0n) is 18.7. The lowest BCUT2D eigenvalue weighted by Gasteiger charge is -2.56. The lowest BCUT2D eigenvalue weighted by Crippen LogP contribution is -2.52. The molecule has 0 aromatic heterocycles. The number of benzene rings is 1. The van der Waals surface area contributed by atoms with E-state index in [2.05, 4.69) is 40.5 Å². The summed E-state index contributed by atoms with van der Waals surface area (Å²) in [6.45, 7) is 4.56. The molecule has 1 N–H and O–H groups in total. The Morgan fingerprint density at radius 1 is 0.903 bits per heavy atom. The fourth-order valence-corrected chi connectivity index (χ4v) is 7.35. The lowest BCUT2D eigenvalue weighted by molar-refractivity contribution is -0.136. The van der Waals surface area contributed by atoms with Crippen LogP contribution in [0.2, 0.25) is 0 Å². The topological polar surface area (TPSA) is 52.7 Å². The van der Waals surface area contributed by atoms with Crippen molar-refractivity contribution >= 4 is 11.8 Å². The minimum absolute atomic E-state index is 0.0709. The maximum absolute atomic E-state index is 12.7. The Morgan fingerprint density at radius 2 is 1.52 bits per heavy atom. The summed E-state index contributed by atoms with van der Waals surface area (Å²) < 4.78 is 0. The molecule has 1 heterocycles. The van der Waals surface area contributed by atoms with E-state index in [1.54, 1.807) is 0 Å². The van der Waals surface area contributed by atoms with Gasteiger partial charge in [0.1, 0.15) is 0 Å². The highest BCUT2D eigenvalue weighted by Gasteiger charge is 2.51. The highest BCUT2D eigenvalue weighted by atomic mass is 16.2. The van der Waals surface area contributed by atoms with Crippen LogP contribution in [0, 0.1) is 23.2 Å². The van der Waals surface area contributed by atoms with Crippen molar-refractivity contribution in [1.29, 1.82) is 0 Å². The Morgan fingerprint density at radius 3 is 2.13 bits per heavy atom. The smallest absolute Gasteiger partial charge is 0.242 e. The van der Waals surface area contributed by atoms with E-state index < -0.39 is 0 Å². The first-order valence-electron chi connectivity index (χ1n) is 12.4. The van der Waals surface area contributed by atoms with Crippen molar-refractivity contribution < 1.29 is 9.59 Å². The highest BCUT2D eigenvalue weighted by Crippen LogP contribution is 2.61. The number of hydrogen-bond donors (Lipinski definition) is 1. The molecule has 0 spiro atoms. The molecule has 1 saturated heterocycles. The minimum atomic E-state index is 0.0709. The van der Waals surface area contributed by atoms with Crippen LogP contribution < -0.4 is 5.32 Å². The number of hydrogen-bond acceptors (Lipinski definition) is 3. The summed E-state index contributed by atoms with van der Waals surface area (Å²) in [4.78, 5) is 29.7. The fraction of sp³-hybridized carbons (Fsp3) is 0.692. The van der Waals surface area contributed by atoms with Gasteiger partial charge in [-0.2, -0.15) is 0 Å². The van der Waals surface area contributed by atoms with Gasteiger partial charge in [-0.15, -0.1) is 0 Å². The molecule has 5 nitrogen and oxygen atoms in total. The summed E-state index contributed by atoms with van der Waals surface area (Å²) in [6.07, 6.45) is 9.61. The summed E-state index contributed by atoms with van der Waals surface area (Å²) >= 11 is 0. The molecule has 2 amide bonds. The van der Waals surface area contributed by atoms with Gasteiger partial charge in [-0.25, -0.2) is 0 Å². The molecule has 168 valence electrons. The Hall–Kier alpha value is -1.88. The first kappa shape index (κ1) is 21.0. The Labute approximate surface area is 186 Å². The summed E-state index contributed by atoms with van der Waals surface area (Å²) in [5, 5.41) is 2.97. The van der Waals surface area contributed by atoms with Crippen LogP contribution in [-0.2, 0) is 16.0 Å². The second kappa shape index (κ2) is 8.93. The molecule has 0 atom stereocenters. The molecule has 4 bridgehead atoms. The normalized spacial score (nSPS) is 32.3. The van der Waals surface area contributed by atoms with Crippen molar-refractivity contribution in [3.05, 3.63) is 35.9 Å². The van der Waals surface area contributed by atoms with E-state index in [1.165, 1.54) is 44.1 Å². The largest absolute Gasteiger partial charge is 0.347 e. The third kappa shape index (κ3) is 4.97. The maximum Gasteiger partial charge on any atom is 0.242 e. The van der Waals surface area contributed by atoms with Crippen LogP contribution in [-0.4, -0.2) is 60.9 Å². The second-order valence-corrected chi connectivity index (χ2v) is 10.8. The van der Waals surface area contributed by atoms with Crippen LogP contribution in [0.1, 0.15) is 50.5 Å². The molecule has 1 aromatic carbocycles. The number of amides is 2. The monoisotopic (exact) mass is 423 g/mol. The molecule has 4 saturated carbocycles. The van der Waals surface area contributed by atoms with Crippen LogP contribution in [0.5, 0.6) is 0 Å². The lowest BCUT2D eigenvalue weighted by atomic mass is 9.49. The Bertz CT molecular complexity index is 750. The van der Waals surface area contributed by atoms with Crippen molar-refractivity contribution in [2.24, 2.45) is 23.2 Å². The van der Waals surface area contributed by atoms with Crippen LogP contribution in [0.25, 0.3) is 0 Å². The number of nitrogens with zero attached hydrogens (tertiary/aromatic N) is 2. The molecule has 4 aliphatic carbocycles. The van der Waals surface area contributed by atoms with Gasteiger partial charge in [0.05, 0.1) is 6.54 Å². The molecule has 5 fully saturated rings. The first-order chi connectivity index (χ1) is 15.1. The number of carbonyl (C=O) groups is 2. The summed E-state index contributed by atoms with van der Waals surface area (Å²) in [7, 11) is 0. The van der Waals surface area contributed by atoms with E-state index in [4.69, 9.17) is 0 Å². The molecule has 0 radical (unpaired) electrons. The zero-order chi connectivity index (χ0) is 21.3. The van der Waals surface area contributed by atoms with Gasteiger partial charge >= 0.3 is 0 Å². The number of rotatable bonds is 7. The van der Waals surface area contributed by atoms with Crippen LogP contribution in [0.3, 0.4) is 0 Å². The van der Waals surface area contributed by atoms with E-state index in [1.807, 2.05) is 4.90 Å². The SMILES string of the molecule is O=C(CC12CC3CC(CC(C3)C1)C2)NCC(=O)N1CCN(CCc2ccccc2)CC1. The molecule has 31 heavy (non-hydrogen) atoms. The molecule has 1 aromatic rings. The van der Waals surface area contributed by atoms with Gasteiger partial charge in [0, 0.05) is 39.1 Å². The molecular weight excluding hydrogens is 386 g/mol. The van der Waals surface area contributed by atoms with Crippen LogP contribution >= 0.6 is 0 Å². The molecule has 5 heteroatoms. The van der Waals surface area contributed by atoms with E-state index >= 15 is 0 Å². The summed E-state index contributed by atoms with van der Waals surface area (Å²) in [6, 6.07) is 10.6. The van der Waals surface area contributed by atoms with E-state index in [0.29, 0.717) is 6.42 Å². The number of nitrogens with one attached hydrogen (secondary N) is 1. The highest BCUT2D eigenvalue weighted by molar-refractivity contribution is 5.85. The van der Waals surface area contributed by atoms with E-state index in [9.17, 15) is 9.59 Å². The quantitative estimate of drug-likeness (QED) is 0.733. The minimum Gasteiger partial charge on any atom is -0.347 e. The van der Waals surface area contributed by atoms with Crippen molar-refractivity contribution in [2.45, 2.75) is 51.4 Å². The van der Waals surface area contributed by atoms with Crippen molar-refractivity contribution in [2.75, 3.05) is 39.3 Å². The van der Waals surface area contributed by atoms with Crippen molar-refractivity contribution in [3.63, 3.8) is 0 Å². The van der Waals surface area contributed by atoms with Crippen molar-refractivity contribution in [3.8, 4) is 0 Å². The predicted octanol–water partition coefficient (Wildman–Crippen LogP) is 3.10. The average Bonchev–Trinajstić information content (AvgIpc) is 2.76. The van der Waals surface area contributed by atoms with Gasteiger partial charge < -0.3 is 10.2 Å². The van der Waals surface area contributed by atoms with Crippen molar-refractivity contribution in [1.82, 2.24) is 15.1 Å². The first-order valence-corrected chi connectivity index (χ1v) is 12.4. The second-order valence-electron chi connectivity index (χ2n) is 10.8. The molecule has 6 rings (SSSR count). The number of carbonyl (C=O) groups excluding carboxylic acids is 2. The average molecular weight is 424 g/mol. The third-order valence-corrected chi connectivity index (χ3v) is 8.42. The van der Waals surface area contributed by atoms with Gasteiger partial charge in [0.15, 0.2) is 0 Å². The van der Waals surface area contributed by atoms with Crippen LogP contribution in [0.15, 0.2) is 30.3 Å². The third-order valence-electron chi connectivity index (χ3n) is 8.42. The predicted molar refractivity (Wildman–Crippen MR) is 121 cm³/mol. The molecule has 1 aliphatic heterocycles. The van der Waals surface area contributed by atoms with Crippen LogP contribution in [0.4, 0.5) is 0 Å². The summed E-state index contributed by atoms with van der Waals surface area (Å²) in [5.74, 6) is 2.75. The standard InChI is InChI=1S/C26H37N3O2/c30-24(18-26-15-21-12-22(16-26)14-23(13-21)17-26)27-19-25(31)29-10-8-28(9-11-29)7-6-20-4-2-1-3-5-20/h1-5,21-23H,6-19H2,(H,27,30). The van der Waals surface area contributed by atoms with Gasteiger partial charge in [-0.05, 0) is 73.7 Å². The van der Waals surface area contributed by atoms with Gasteiger partial charge in [-0.1, -0.05) is 30.3 Å². The molecule has 0 unspecified atom stereocenters. The van der Waals surface area contributed by atoms with Gasteiger partial charge in [-0.3, -0.25) is 14.5 Å². The molecular formula is C26H37N3O2. The Kier molecular flexibility index (Phi) is 6.05. The fourth-order valence-electron chi connectivity index (χ4n) is 7.35. The van der Waals surface area contributed by atoms with Gasteiger partial charge in [0.25, 0.3) is 0 Å². The Balaban J connectivity index is 1.02. The summed E-state index contributed by atoms with van der Waals surface area (Å²) in [5.41, 5.74) is 1.61. The molecule has 5 aliphatic rings. The maximum atomic E-state index is 12.7. The van der Waals surface area contributed by atoms with Gasteiger partial charge in [0.2, 0.25) is 11.8 Å². The van der Waals surface area contributed by atoms with E-state index in [-0.39, 0.29) is 23.8 Å². The zero-order valence-corrected chi connectivity index (χ0v) is 18.7. The number of piperazine rings is 1.